The Morgan fingerprint density at radius 1 is 1.30 bits per heavy atom. The van der Waals surface area contributed by atoms with Gasteiger partial charge in [-0.25, -0.2) is 4.79 Å². The topological polar surface area (TPSA) is 126 Å². The number of nitrogen functional groups attached to an aromatic ring is 1. The van der Waals surface area contributed by atoms with E-state index in [0.717, 1.165) is 5.56 Å². The summed E-state index contributed by atoms with van der Waals surface area (Å²) >= 11 is 0. The van der Waals surface area contributed by atoms with Crippen LogP contribution in [0.1, 0.15) is 11.3 Å². The van der Waals surface area contributed by atoms with Gasteiger partial charge in [0.2, 0.25) is 0 Å². The van der Waals surface area contributed by atoms with Gasteiger partial charge < -0.3 is 21.1 Å². The van der Waals surface area contributed by atoms with Crippen molar-refractivity contribution in [1.29, 1.82) is 0 Å². The van der Waals surface area contributed by atoms with Crippen LogP contribution in [-0.4, -0.2) is 43.5 Å². The third kappa shape index (κ3) is 4.99. The molecule has 23 heavy (non-hydrogen) atoms. The molecule has 0 spiro atoms. The number of nitrogens with one attached hydrogen (secondary N) is 1. The summed E-state index contributed by atoms with van der Waals surface area (Å²) in [6.45, 7) is 0.0590. The highest BCUT2D eigenvalue weighted by atomic mass is 16.4. The molecule has 0 radical (unpaired) electrons. The fourth-order valence-corrected chi connectivity index (χ4v) is 1.97. The highest BCUT2D eigenvalue weighted by Crippen LogP contribution is 2.11. The average molecular weight is 318 g/mol. The van der Waals surface area contributed by atoms with Gasteiger partial charge in [-0.15, -0.1) is 5.10 Å². The average Bonchev–Trinajstić information content (AvgIpc) is 2.91. The summed E-state index contributed by atoms with van der Waals surface area (Å²) < 4.78 is 1.53. The van der Waals surface area contributed by atoms with E-state index < -0.39 is 18.5 Å². The number of benzene rings is 1. The van der Waals surface area contributed by atoms with Gasteiger partial charge in [0.15, 0.2) is 0 Å². The lowest BCUT2D eigenvalue weighted by Crippen LogP contribution is -2.41. The number of rotatable bonds is 6. The molecule has 0 bridgehead atoms. The molecule has 2 aromatic rings. The van der Waals surface area contributed by atoms with Crippen LogP contribution in [0.4, 0.5) is 10.5 Å². The minimum Gasteiger partial charge on any atom is -0.480 e. The number of carboxylic acid groups (broad SMARTS) is 1. The Balaban J connectivity index is 2.10. The first-order valence-corrected chi connectivity index (χ1v) is 6.88. The third-order valence-corrected chi connectivity index (χ3v) is 3.03. The fourth-order valence-electron chi connectivity index (χ4n) is 1.97. The fraction of sp³-hybridized carbons (Fsp3) is 0.286. The van der Waals surface area contributed by atoms with E-state index in [1.165, 1.54) is 9.58 Å². The van der Waals surface area contributed by atoms with Gasteiger partial charge in [0.1, 0.15) is 12.2 Å². The molecule has 0 saturated heterocycles. The van der Waals surface area contributed by atoms with Gasteiger partial charge >= 0.3 is 12.0 Å². The molecular formula is C14H18N6O3. The van der Waals surface area contributed by atoms with Crippen LogP contribution < -0.4 is 11.1 Å². The molecule has 0 aliphatic heterocycles. The van der Waals surface area contributed by atoms with Gasteiger partial charge in [-0.05, 0) is 17.7 Å². The first kappa shape index (κ1) is 16.3. The Bertz CT molecular complexity index is 682. The van der Waals surface area contributed by atoms with Crippen LogP contribution in [0, 0.1) is 0 Å². The summed E-state index contributed by atoms with van der Waals surface area (Å²) in [6, 6.07) is 6.61. The van der Waals surface area contributed by atoms with Crippen LogP contribution in [0.25, 0.3) is 0 Å². The molecule has 122 valence electrons. The van der Waals surface area contributed by atoms with Gasteiger partial charge in [-0.1, -0.05) is 17.3 Å². The number of aryl methyl sites for hydroxylation is 1. The van der Waals surface area contributed by atoms with E-state index in [-0.39, 0.29) is 6.54 Å². The monoisotopic (exact) mass is 318 g/mol. The molecule has 1 aromatic heterocycles. The first-order valence-electron chi connectivity index (χ1n) is 6.88. The van der Waals surface area contributed by atoms with Crippen molar-refractivity contribution >= 4 is 17.7 Å². The lowest BCUT2D eigenvalue weighted by Gasteiger charge is -2.22. The minimum absolute atomic E-state index is 0.212. The second-order valence-electron chi connectivity index (χ2n) is 5.03. The van der Waals surface area contributed by atoms with Crippen molar-refractivity contribution in [2.45, 2.75) is 13.1 Å². The summed E-state index contributed by atoms with van der Waals surface area (Å²) in [5.74, 6) is -1.11. The zero-order valence-corrected chi connectivity index (χ0v) is 12.6. The van der Waals surface area contributed by atoms with E-state index >= 15 is 0 Å². The maximum Gasteiger partial charge on any atom is 0.323 e. The molecule has 0 saturated carbocycles. The number of aromatic nitrogens is 3. The summed E-state index contributed by atoms with van der Waals surface area (Å²) in [7, 11) is 1.73. The Kier molecular flexibility index (Phi) is 5.13. The van der Waals surface area contributed by atoms with Gasteiger partial charge in [-0.2, -0.15) is 0 Å². The summed E-state index contributed by atoms with van der Waals surface area (Å²) in [4.78, 5) is 24.3. The molecule has 0 unspecified atom stereocenters. The number of anilines is 1. The van der Waals surface area contributed by atoms with Crippen molar-refractivity contribution in [2.75, 3.05) is 12.3 Å². The lowest BCUT2D eigenvalue weighted by atomic mass is 10.2. The Morgan fingerprint density at radius 2 is 2.00 bits per heavy atom. The quantitative estimate of drug-likeness (QED) is 0.653. The number of carbonyl (C=O) groups is 2. The van der Waals surface area contributed by atoms with Gasteiger partial charge in [0, 0.05) is 25.5 Å². The Morgan fingerprint density at radius 3 is 2.57 bits per heavy atom. The zero-order chi connectivity index (χ0) is 16.8. The Labute approximate surface area is 132 Å². The maximum absolute atomic E-state index is 12.2. The number of hydrogen-bond acceptors (Lipinski definition) is 5. The predicted octanol–water partition coefficient (Wildman–Crippen LogP) is 0.194. The normalized spacial score (nSPS) is 10.3. The van der Waals surface area contributed by atoms with Crippen LogP contribution >= 0.6 is 0 Å². The second-order valence-corrected chi connectivity index (χ2v) is 5.03. The highest BCUT2D eigenvalue weighted by Gasteiger charge is 2.17. The van der Waals surface area contributed by atoms with Crippen molar-refractivity contribution in [2.24, 2.45) is 7.05 Å². The number of carboxylic acids is 1. The van der Waals surface area contributed by atoms with Crippen molar-refractivity contribution in [3.05, 3.63) is 41.7 Å². The van der Waals surface area contributed by atoms with Crippen molar-refractivity contribution in [3.8, 4) is 0 Å². The maximum atomic E-state index is 12.2. The SMILES string of the molecule is Cn1cc(CN(Cc2ccc(N)cc2)C(=O)NCC(=O)O)nn1. The molecule has 2 rings (SSSR count). The van der Waals surface area contributed by atoms with Crippen LogP contribution in [0.2, 0.25) is 0 Å². The smallest absolute Gasteiger partial charge is 0.323 e. The summed E-state index contributed by atoms with van der Waals surface area (Å²) in [5, 5.41) is 18.8. The number of aliphatic carboxylic acids is 1. The van der Waals surface area contributed by atoms with E-state index in [9.17, 15) is 9.59 Å². The Hall–Kier alpha value is -3.10. The van der Waals surface area contributed by atoms with Crippen LogP contribution in [-0.2, 0) is 24.9 Å². The van der Waals surface area contributed by atoms with Crippen molar-refractivity contribution < 1.29 is 14.7 Å². The molecule has 2 amide bonds. The number of nitrogens with two attached hydrogens (primary N) is 1. The summed E-state index contributed by atoms with van der Waals surface area (Å²) in [6.07, 6.45) is 1.69. The number of urea groups is 1. The molecule has 1 aromatic carbocycles. The van der Waals surface area contributed by atoms with E-state index in [4.69, 9.17) is 10.8 Å². The number of carbonyl (C=O) groups excluding carboxylic acids is 1. The number of amides is 2. The highest BCUT2D eigenvalue weighted by molar-refractivity contribution is 5.79. The van der Waals surface area contributed by atoms with E-state index in [1.807, 2.05) is 12.1 Å². The standard InChI is InChI=1S/C14H18N6O3/c1-19-8-12(17-18-19)9-20(14(23)16-6-13(21)22)7-10-2-4-11(15)5-3-10/h2-5,8H,6-7,9,15H2,1H3,(H,16,23)(H,21,22). The van der Waals surface area contributed by atoms with Crippen LogP contribution in [0.5, 0.6) is 0 Å². The molecule has 0 aliphatic carbocycles. The molecule has 1 heterocycles. The number of hydrogen-bond donors (Lipinski definition) is 3. The second kappa shape index (κ2) is 7.25. The van der Waals surface area contributed by atoms with Gasteiger partial charge in [-0.3, -0.25) is 9.48 Å². The molecule has 9 nitrogen and oxygen atoms in total. The minimum atomic E-state index is -1.11. The molecule has 0 atom stereocenters. The molecule has 4 N–H and O–H groups in total. The largest absolute Gasteiger partial charge is 0.480 e. The van der Waals surface area contributed by atoms with Crippen molar-refractivity contribution in [1.82, 2.24) is 25.2 Å². The van der Waals surface area contributed by atoms with Crippen molar-refractivity contribution in [3.63, 3.8) is 0 Å². The van der Waals surface area contributed by atoms with E-state index in [0.29, 0.717) is 17.9 Å². The van der Waals surface area contributed by atoms with Crippen LogP contribution in [0.3, 0.4) is 0 Å². The van der Waals surface area contributed by atoms with E-state index in [2.05, 4.69) is 15.6 Å². The molecule has 0 fully saturated rings. The van der Waals surface area contributed by atoms with Crippen LogP contribution in [0.15, 0.2) is 30.5 Å². The predicted molar refractivity (Wildman–Crippen MR) is 82.1 cm³/mol. The van der Waals surface area contributed by atoms with E-state index in [1.54, 1.807) is 25.4 Å². The molecular weight excluding hydrogens is 300 g/mol. The third-order valence-electron chi connectivity index (χ3n) is 3.03. The first-order chi connectivity index (χ1) is 10.9. The lowest BCUT2D eigenvalue weighted by molar-refractivity contribution is -0.135. The summed E-state index contributed by atoms with van der Waals surface area (Å²) in [5.41, 5.74) is 7.75. The van der Waals surface area contributed by atoms with Gasteiger partial charge in [0.25, 0.3) is 0 Å². The zero-order valence-electron chi connectivity index (χ0n) is 12.6. The number of nitrogens with zero attached hydrogens (tertiary/aromatic N) is 4. The molecule has 0 aliphatic rings. The molecule has 9 heteroatoms. The van der Waals surface area contributed by atoms with Gasteiger partial charge in [0.05, 0.1) is 6.54 Å².